The van der Waals surface area contributed by atoms with Crippen molar-refractivity contribution >= 4 is 5.82 Å². The molecule has 2 atom stereocenters. The van der Waals surface area contributed by atoms with Crippen molar-refractivity contribution in [1.29, 1.82) is 0 Å². The largest absolute Gasteiger partial charge is 0.382 e. The van der Waals surface area contributed by atoms with Crippen molar-refractivity contribution in [1.82, 2.24) is 9.78 Å². The van der Waals surface area contributed by atoms with Crippen LogP contribution < -0.4 is 5.73 Å². The normalized spacial score (nSPS) is 29.7. The maximum absolute atomic E-state index is 5.99. The second-order valence-electron chi connectivity index (χ2n) is 5.19. The van der Waals surface area contributed by atoms with Crippen molar-refractivity contribution in [2.75, 3.05) is 5.73 Å². The van der Waals surface area contributed by atoms with Crippen molar-refractivity contribution in [2.24, 2.45) is 18.9 Å². The van der Waals surface area contributed by atoms with Crippen LogP contribution in [0.4, 0.5) is 5.82 Å². The van der Waals surface area contributed by atoms with Crippen LogP contribution in [0.3, 0.4) is 0 Å². The van der Waals surface area contributed by atoms with Gasteiger partial charge in [-0.3, -0.25) is 4.68 Å². The molecule has 4 nitrogen and oxygen atoms in total. The number of nitrogen functional groups attached to an aromatic ring is 1. The van der Waals surface area contributed by atoms with Gasteiger partial charge in [0, 0.05) is 13.1 Å². The number of nitrogens with two attached hydrogens (primary N) is 1. The zero-order valence-electron chi connectivity index (χ0n) is 10.6. The minimum atomic E-state index is 0.350. The first-order valence-electron chi connectivity index (χ1n) is 6.47. The molecule has 2 aliphatic carbocycles. The van der Waals surface area contributed by atoms with Crippen LogP contribution in [0.5, 0.6) is 0 Å². The summed E-state index contributed by atoms with van der Waals surface area (Å²) in [4.78, 5) is 0. The zero-order valence-corrected chi connectivity index (χ0v) is 10.6. The summed E-state index contributed by atoms with van der Waals surface area (Å²) in [6.45, 7) is 0.595. The average Bonchev–Trinajstić information content (AvgIpc) is 2.89. The number of anilines is 1. The number of allylic oxidation sites excluding steroid dienone is 4. The lowest BCUT2D eigenvalue weighted by Crippen LogP contribution is -2.10. The molecule has 0 bridgehead atoms. The van der Waals surface area contributed by atoms with Crippen LogP contribution >= 0.6 is 0 Å². The number of aromatic nitrogens is 2. The van der Waals surface area contributed by atoms with Gasteiger partial charge in [-0.2, -0.15) is 5.10 Å². The van der Waals surface area contributed by atoms with E-state index in [0.717, 1.165) is 18.5 Å². The highest BCUT2D eigenvalue weighted by molar-refractivity contribution is 5.29. The molecule has 2 aliphatic rings. The smallest absolute Gasteiger partial charge is 0.145 e. The van der Waals surface area contributed by atoms with Gasteiger partial charge < -0.3 is 10.5 Å². The van der Waals surface area contributed by atoms with Gasteiger partial charge in [-0.05, 0) is 24.7 Å². The lowest BCUT2D eigenvalue weighted by atomic mass is 9.92. The molecule has 96 valence electrons. The fraction of sp³-hybridized carbons (Fsp3) is 0.500. The van der Waals surface area contributed by atoms with E-state index in [-0.39, 0.29) is 0 Å². The molecule has 2 N–H and O–H groups in total. The van der Waals surface area contributed by atoms with Gasteiger partial charge in [0.05, 0.1) is 18.4 Å². The van der Waals surface area contributed by atoms with Crippen LogP contribution in [0.15, 0.2) is 30.4 Å². The van der Waals surface area contributed by atoms with E-state index in [1.807, 2.05) is 13.1 Å². The molecule has 0 spiro atoms. The number of ether oxygens (including phenoxy) is 1. The van der Waals surface area contributed by atoms with Gasteiger partial charge in [0.1, 0.15) is 5.82 Å². The Hall–Kier alpha value is -1.55. The zero-order chi connectivity index (χ0) is 12.5. The van der Waals surface area contributed by atoms with E-state index in [0.29, 0.717) is 30.4 Å². The molecule has 0 aliphatic heterocycles. The molecule has 1 saturated carbocycles. The minimum absolute atomic E-state index is 0.350. The number of fused-ring (bicyclic) bond motifs is 1. The lowest BCUT2D eigenvalue weighted by Gasteiger charge is -2.12. The number of hydrogen-bond acceptors (Lipinski definition) is 3. The third-order valence-electron chi connectivity index (χ3n) is 3.91. The minimum Gasteiger partial charge on any atom is -0.382 e. The molecule has 1 aromatic heterocycles. The quantitative estimate of drug-likeness (QED) is 0.886. The Labute approximate surface area is 107 Å². The Bertz CT molecular complexity index is 469. The molecule has 0 radical (unpaired) electrons. The van der Waals surface area contributed by atoms with Crippen LogP contribution in [0.1, 0.15) is 18.5 Å². The van der Waals surface area contributed by atoms with E-state index in [9.17, 15) is 0 Å². The highest BCUT2D eigenvalue weighted by atomic mass is 16.5. The van der Waals surface area contributed by atoms with Crippen molar-refractivity contribution in [3.05, 3.63) is 36.1 Å². The van der Waals surface area contributed by atoms with E-state index < -0.39 is 0 Å². The highest BCUT2D eigenvalue weighted by Crippen LogP contribution is 2.37. The van der Waals surface area contributed by atoms with E-state index in [2.05, 4.69) is 29.4 Å². The number of aryl methyl sites for hydroxylation is 1. The van der Waals surface area contributed by atoms with Crippen molar-refractivity contribution in [3.63, 3.8) is 0 Å². The SMILES string of the molecule is Cn1nc(N)cc1COC1CC2C=CC=CC2C1. The molecule has 1 aromatic rings. The van der Waals surface area contributed by atoms with Gasteiger partial charge in [-0.25, -0.2) is 0 Å². The van der Waals surface area contributed by atoms with E-state index in [4.69, 9.17) is 10.5 Å². The average molecular weight is 245 g/mol. The molecule has 4 heteroatoms. The van der Waals surface area contributed by atoms with E-state index in [1.165, 1.54) is 0 Å². The van der Waals surface area contributed by atoms with Crippen LogP contribution in [-0.4, -0.2) is 15.9 Å². The van der Waals surface area contributed by atoms with Gasteiger partial charge in [0.15, 0.2) is 0 Å². The number of nitrogens with zero attached hydrogens (tertiary/aromatic N) is 2. The standard InChI is InChI=1S/C14H19N3O/c1-17-12(8-14(15)16-17)9-18-13-6-10-4-2-3-5-11(10)7-13/h2-5,8,10-11,13H,6-7,9H2,1H3,(H2,15,16). The van der Waals surface area contributed by atoms with Crippen LogP contribution in [0.2, 0.25) is 0 Å². The van der Waals surface area contributed by atoms with Crippen LogP contribution in [0, 0.1) is 11.8 Å². The molecular weight excluding hydrogens is 226 g/mol. The van der Waals surface area contributed by atoms with Crippen molar-refractivity contribution in [3.8, 4) is 0 Å². The van der Waals surface area contributed by atoms with Crippen LogP contribution in [-0.2, 0) is 18.4 Å². The molecule has 1 heterocycles. The summed E-state index contributed by atoms with van der Waals surface area (Å²) in [5.41, 5.74) is 6.69. The Morgan fingerprint density at radius 3 is 2.56 bits per heavy atom. The first-order valence-corrected chi connectivity index (χ1v) is 6.47. The van der Waals surface area contributed by atoms with E-state index >= 15 is 0 Å². The fourth-order valence-electron chi connectivity index (χ4n) is 2.91. The summed E-state index contributed by atoms with van der Waals surface area (Å²) in [7, 11) is 1.90. The topological polar surface area (TPSA) is 53.1 Å². The van der Waals surface area contributed by atoms with Crippen molar-refractivity contribution < 1.29 is 4.74 Å². The summed E-state index contributed by atoms with van der Waals surface area (Å²) in [5.74, 6) is 1.88. The molecule has 1 fully saturated rings. The second-order valence-corrected chi connectivity index (χ2v) is 5.19. The molecule has 0 aromatic carbocycles. The summed E-state index contributed by atoms with van der Waals surface area (Å²) in [6.07, 6.45) is 11.5. The maximum atomic E-state index is 5.99. The first-order chi connectivity index (χ1) is 8.72. The Kier molecular flexibility index (Phi) is 2.96. The van der Waals surface area contributed by atoms with E-state index in [1.54, 1.807) is 4.68 Å². The maximum Gasteiger partial charge on any atom is 0.145 e. The van der Waals surface area contributed by atoms with Gasteiger partial charge in [0.25, 0.3) is 0 Å². The fourth-order valence-corrected chi connectivity index (χ4v) is 2.91. The third kappa shape index (κ3) is 2.20. The summed E-state index contributed by atoms with van der Waals surface area (Å²) in [5, 5.41) is 4.12. The first kappa shape index (κ1) is 11.5. The van der Waals surface area contributed by atoms with Gasteiger partial charge in [-0.1, -0.05) is 24.3 Å². The Morgan fingerprint density at radius 1 is 1.33 bits per heavy atom. The lowest BCUT2D eigenvalue weighted by molar-refractivity contribution is 0.0394. The summed E-state index contributed by atoms with van der Waals surface area (Å²) in [6, 6.07) is 1.88. The monoisotopic (exact) mass is 245 g/mol. The predicted molar refractivity (Wildman–Crippen MR) is 70.7 cm³/mol. The Morgan fingerprint density at radius 2 is 2.00 bits per heavy atom. The highest BCUT2D eigenvalue weighted by Gasteiger charge is 2.32. The molecule has 18 heavy (non-hydrogen) atoms. The summed E-state index contributed by atoms with van der Waals surface area (Å²) >= 11 is 0. The number of rotatable bonds is 3. The van der Waals surface area contributed by atoms with Gasteiger partial charge in [0.2, 0.25) is 0 Å². The molecule has 0 saturated heterocycles. The molecular formula is C14H19N3O. The summed E-state index contributed by atoms with van der Waals surface area (Å²) < 4.78 is 7.78. The van der Waals surface area contributed by atoms with Crippen molar-refractivity contribution in [2.45, 2.75) is 25.6 Å². The van der Waals surface area contributed by atoms with Gasteiger partial charge in [-0.15, -0.1) is 0 Å². The van der Waals surface area contributed by atoms with Gasteiger partial charge >= 0.3 is 0 Å². The molecule has 2 unspecified atom stereocenters. The molecule has 3 rings (SSSR count). The third-order valence-corrected chi connectivity index (χ3v) is 3.91. The molecule has 0 amide bonds. The predicted octanol–water partition coefficient (Wildman–Crippen LogP) is 2.04. The number of hydrogen-bond donors (Lipinski definition) is 1. The van der Waals surface area contributed by atoms with Crippen LogP contribution in [0.25, 0.3) is 0 Å². The Balaban J connectivity index is 1.57. The second kappa shape index (κ2) is 4.61.